The average Bonchev–Trinajstić information content (AvgIpc) is 2.71. The summed E-state index contributed by atoms with van der Waals surface area (Å²) in [5, 5.41) is 3.16. The van der Waals surface area contributed by atoms with E-state index in [0.717, 1.165) is 16.9 Å². The van der Waals surface area contributed by atoms with Gasteiger partial charge in [0.05, 0.1) is 33.9 Å². The average molecular weight is 401 g/mol. The molecule has 0 radical (unpaired) electrons. The molecular formula is C23H32N2O4. The van der Waals surface area contributed by atoms with Crippen LogP contribution in [0.15, 0.2) is 42.5 Å². The maximum atomic E-state index is 12.7. The smallest absolute Gasteiger partial charge is 0.234 e. The molecule has 29 heavy (non-hydrogen) atoms. The van der Waals surface area contributed by atoms with Crippen LogP contribution >= 0.6 is 0 Å². The molecule has 0 heterocycles. The van der Waals surface area contributed by atoms with Crippen molar-refractivity contribution in [3.05, 3.63) is 53.6 Å². The third-order valence-corrected chi connectivity index (χ3v) is 4.77. The third kappa shape index (κ3) is 6.39. The number of hydrogen-bond donors (Lipinski definition) is 1. The normalized spacial score (nSPS) is 12.0. The third-order valence-electron chi connectivity index (χ3n) is 4.77. The maximum Gasteiger partial charge on any atom is 0.234 e. The van der Waals surface area contributed by atoms with E-state index in [9.17, 15) is 4.79 Å². The Balaban J connectivity index is 1.98. The Kier molecular flexibility index (Phi) is 8.34. The summed E-state index contributed by atoms with van der Waals surface area (Å²) in [4.78, 5) is 14.6. The summed E-state index contributed by atoms with van der Waals surface area (Å²) in [6.07, 6.45) is 0. The van der Waals surface area contributed by atoms with Crippen LogP contribution in [0.1, 0.15) is 31.0 Å². The fourth-order valence-corrected chi connectivity index (χ4v) is 3.26. The Labute approximate surface area is 173 Å². The van der Waals surface area contributed by atoms with Gasteiger partial charge in [-0.25, -0.2) is 0 Å². The highest BCUT2D eigenvalue weighted by Gasteiger charge is 2.19. The van der Waals surface area contributed by atoms with Crippen LogP contribution in [0.4, 0.5) is 0 Å². The summed E-state index contributed by atoms with van der Waals surface area (Å²) in [5.41, 5.74) is 2.12. The van der Waals surface area contributed by atoms with E-state index in [4.69, 9.17) is 14.2 Å². The minimum absolute atomic E-state index is 0.0116. The van der Waals surface area contributed by atoms with Crippen LogP contribution in [0, 0.1) is 5.92 Å². The Morgan fingerprint density at radius 2 is 1.62 bits per heavy atom. The number of rotatable bonds is 10. The molecular weight excluding hydrogens is 368 g/mol. The molecule has 1 unspecified atom stereocenters. The molecule has 0 aromatic heterocycles. The van der Waals surface area contributed by atoms with E-state index in [1.165, 1.54) is 0 Å². The highest BCUT2D eigenvalue weighted by molar-refractivity contribution is 5.78. The first-order chi connectivity index (χ1) is 13.9. The van der Waals surface area contributed by atoms with Crippen molar-refractivity contribution in [3.63, 3.8) is 0 Å². The predicted molar refractivity (Wildman–Crippen MR) is 115 cm³/mol. The van der Waals surface area contributed by atoms with Crippen molar-refractivity contribution in [3.8, 4) is 17.2 Å². The molecule has 0 fully saturated rings. The first kappa shape index (κ1) is 22.6. The molecule has 0 aliphatic rings. The molecule has 2 rings (SSSR count). The Morgan fingerprint density at radius 1 is 0.966 bits per heavy atom. The number of carbonyl (C=O) groups is 1. The summed E-state index contributed by atoms with van der Waals surface area (Å²) in [6.45, 7) is 5.13. The van der Waals surface area contributed by atoms with Gasteiger partial charge in [-0.1, -0.05) is 32.0 Å². The molecule has 0 aliphatic carbocycles. The fraction of sp³-hybridized carbons (Fsp3) is 0.435. The lowest BCUT2D eigenvalue weighted by Crippen LogP contribution is -2.38. The summed E-state index contributed by atoms with van der Waals surface area (Å²) in [6, 6.07) is 13.6. The van der Waals surface area contributed by atoms with E-state index in [-0.39, 0.29) is 17.9 Å². The van der Waals surface area contributed by atoms with Crippen molar-refractivity contribution in [1.82, 2.24) is 10.2 Å². The minimum atomic E-state index is -0.0529. The number of amides is 1. The molecule has 158 valence electrons. The van der Waals surface area contributed by atoms with Gasteiger partial charge in [-0.2, -0.15) is 0 Å². The molecule has 1 amide bonds. The van der Waals surface area contributed by atoms with Gasteiger partial charge in [-0.3, -0.25) is 9.69 Å². The van der Waals surface area contributed by atoms with Gasteiger partial charge in [0, 0.05) is 6.54 Å². The number of carbonyl (C=O) groups excluding carboxylic acids is 1. The van der Waals surface area contributed by atoms with Crippen LogP contribution in [-0.2, 0) is 11.3 Å². The van der Waals surface area contributed by atoms with Crippen LogP contribution in [-0.4, -0.2) is 45.7 Å². The standard InChI is InChI=1S/C23H32N2O4/c1-16(2)23(18-8-10-19(27-4)11-9-18)24-22(26)15-25(3)14-17-7-12-20(28-5)21(13-17)29-6/h7-13,16,23H,14-15H2,1-6H3,(H,24,26). The second-order valence-electron chi connectivity index (χ2n) is 7.42. The first-order valence-corrected chi connectivity index (χ1v) is 9.70. The number of methoxy groups -OCH3 is 3. The molecule has 0 saturated heterocycles. The zero-order chi connectivity index (χ0) is 21.4. The highest BCUT2D eigenvalue weighted by Crippen LogP contribution is 2.28. The molecule has 0 saturated carbocycles. The van der Waals surface area contributed by atoms with Crippen molar-refractivity contribution >= 4 is 5.91 Å². The Hall–Kier alpha value is -2.73. The number of nitrogens with zero attached hydrogens (tertiary/aromatic N) is 1. The van der Waals surface area contributed by atoms with Crippen molar-refractivity contribution in [1.29, 1.82) is 0 Å². The van der Waals surface area contributed by atoms with Gasteiger partial charge >= 0.3 is 0 Å². The van der Waals surface area contributed by atoms with Gasteiger partial charge in [0.15, 0.2) is 11.5 Å². The fourth-order valence-electron chi connectivity index (χ4n) is 3.26. The molecule has 0 spiro atoms. The van der Waals surface area contributed by atoms with Crippen molar-refractivity contribution < 1.29 is 19.0 Å². The number of nitrogens with one attached hydrogen (secondary N) is 1. The van der Waals surface area contributed by atoms with E-state index in [2.05, 4.69) is 19.2 Å². The first-order valence-electron chi connectivity index (χ1n) is 9.70. The Morgan fingerprint density at radius 3 is 2.17 bits per heavy atom. The van der Waals surface area contributed by atoms with Gasteiger partial charge in [-0.05, 0) is 48.4 Å². The highest BCUT2D eigenvalue weighted by atomic mass is 16.5. The topological polar surface area (TPSA) is 60.0 Å². The summed E-state index contributed by atoms with van der Waals surface area (Å²) < 4.78 is 15.8. The largest absolute Gasteiger partial charge is 0.497 e. The van der Waals surface area contributed by atoms with Gasteiger partial charge in [0.2, 0.25) is 5.91 Å². The molecule has 1 N–H and O–H groups in total. The van der Waals surface area contributed by atoms with Gasteiger partial charge in [-0.15, -0.1) is 0 Å². The molecule has 0 bridgehead atoms. The van der Waals surface area contributed by atoms with Gasteiger partial charge in [0.1, 0.15) is 5.75 Å². The van der Waals surface area contributed by atoms with Crippen molar-refractivity contribution in [2.75, 3.05) is 34.9 Å². The summed E-state index contributed by atoms with van der Waals surface area (Å²) in [7, 11) is 6.80. The quantitative estimate of drug-likeness (QED) is 0.660. The second-order valence-corrected chi connectivity index (χ2v) is 7.42. The maximum absolute atomic E-state index is 12.7. The molecule has 2 aromatic rings. The van der Waals surface area contributed by atoms with Crippen LogP contribution in [0.5, 0.6) is 17.2 Å². The minimum Gasteiger partial charge on any atom is -0.497 e. The van der Waals surface area contributed by atoms with E-state index < -0.39 is 0 Å². The van der Waals surface area contributed by atoms with Crippen LogP contribution in [0.2, 0.25) is 0 Å². The van der Waals surface area contributed by atoms with Crippen LogP contribution < -0.4 is 19.5 Å². The number of hydrogen-bond acceptors (Lipinski definition) is 5. The number of benzene rings is 2. The lowest BCUT2D eigenvalue weighted by Gasteiger charge is -2.25. The summed E-state index contributed by atoms with van der Waals surface area (Å²) >= 11 is 0. The van der Waals surface area contributed by atoms with Gasteiger partial charge in [0.25, 0.3) is 0 Å². The van der Waals surface area contributed by atoms with Crippen LogP contribution in [0.3, 0.4) is 0 Å². The second kappa shape index (κ2) is 10.7. The van der Waals surface area contributed by atoms with Crippen molar-refractivity contribution in [2.45, 2.75) is 26.4 Å². The number of ether oxygens (including phenoxy) is 3. The van der Waals surface area contributed by atoms with E-state index >= 15 is 0 Å². The van der Waals surface area contributed by atoms with E-state index in [1.54, 1.807) is 21.3 Å². The zero-order valence-electron chi connectivity index (χ0n) is 18.2. The molecule has 1 atom stereocenters. The lowest BCUT2D eigenvalue weighted by atomic mass is 9.96. The molecule has 0 aliphatic heterocycles. The zero-order valence-corrected chi connectivity index (χ0v) is 18.2. The molecule has 2 aromatic carbocycles. The Bertz CT molecular complexity index is 790. The van der Waals surface area contributed by atoms with Crippen molar-refractivity contribution in [2.24, 2.45) is 5.92 Å². The lowest BCUT2D eigenvalue weighted by molar-refractivity contribution is -0.123. The number of likely N-dealkylation sites (N-methyl/N-ethyl adjacent to an activating group) is 1. The van der Waals surface area contributed by atoms with E-state index in [1.807, 2.05) is 54.4 Å². The SMILES string of the molecule is COc1ccc(C(NC(=O)CN(C)Cc2ccc(OC)c(OC)c2)C(C)C)cc1. The molecule has 6 heteroatoms. The van der Waals surface area contributed by atoms with E-state index in [0.29, 0.717) is 24.6 Å². The molecule has 6 nitrogen and oxygen atoms in total. The van der Waals surface area contributed by atoms with Gasteiger partial charge < -0.3 is 19.5 Å². The summed E-state index contributed by atoms with van der Waals surface area (Å²) in [5.74, 6) is 2.43. The van der Waals surface area contributed by atoms with Crippen LogP contribution in [0.25, 0.3) is 0 Å². The predicted octanol–water partition coefficient (Wildman–Crippen LogP) is 3.66. The monoisotopic (exact) mass is 400 g/mol.